The molecule has 1 fully saturated rings. The number of nitrogens with zero attached hydrogens (tertiary/aromatic N) is 2. The lowest BCUT2D eigenvalue weighted by atomic mass is 10.0. The van der Waals surface area contributed by atoms with Crippen molar-refractivity contribution >= 4 is 35.2 Å². The molecule has 2 aliphatic rings. The van der Waals surface area contributed by atoms with Gasteiger partial charge in [0.1, 0.15) is 29.5 Å². The number of hydrogen-bond acceptors (Lipinski definition) is 9. The fourth-order valence-electron chi connectivity index (χ4n) is 3.59. The normalized spacial score (nSPS) is 20.6. The summed E-state index contributed by atoms with van der Waals surface area (Å²) in [5, 5.41) is 14.5. The molecular formula is C23H21N3O8S. The number of methoxy groups -OCH3 is 1. The standard InChI is InChI=1S/C23H21N3O8S/c1-32-17-13-35-22-19(24-18(27)12-33-16-5-3-2-4-6-16)21(28)25(22)20(17)23(29)34-11-14-7-9-15(10-8-14)26(30)31/h2-10,13,19-20,22H,11-12H2,1H3,(H,24,27)/t19-,20-,22-/m1/s1. The van der Waals surface area contributed by atoms with Gasteiger partial charge in [-0.3, -0.25) is 19.7 Å². The van der Waals surface area contributed by atoms with E-state index in [4.69, 9.17) is 14.2 Å². The number of nitro benzene ring substituents is 1. The monoisotopic (exact) mass is 499 g/mol. The number of carbonyl (C=O) groups excluding carboxylic acids is 3. The molecule has 0 bridgehead atoms. The molecule has 3 atom stereocenters. The molecule has 0 unspecified atom stereocenters. The van der Waals surface area contributed by atoms with E-state index in [0.29, 0.717) is 11.3 Å². The number of para-hydroxylation sites is 1. The highest BCUT2D eigenvalue weighted by atomic mass is 32.2. The SMILES string of the molecule is COC1=CS[C@@H]2[C@H](NC(=O)COc3ccccc3)C(=O)N2[C@H]1C(=O)OCc1ccc([N+](=O)[O-])cc1. The quantitative estimate of drug-likeness (QED) is 0.238. The van der Waals surface area contributed by atoms with Crippen molar-refractivity contribution in [2.45, 2.75) is 24.1 Å². The van der Waals surface area contributed by atoms with E-state index in [1.807, 2.05) is 6.07 Å². The molecule has 182 valence electrons. The summed E-state index contributed by atoms with van der Waals surface area (Å²) >= 11 is 1.24. The molecule has 0 aromatic heterocycles. The van der Waals surface area contributed by atoms with Gasteiger partial charge in [-0.25, -0.2) is 4.79 Å². The maximum Gasteiger partial charge on any atom is 0.337 e. The molecule has 0 aliphatic carbocycles. The highest BCUT2D eigenvalue weighted by Gasteiger charge is 2.56. The zero-order valence-electron chi connectivity index (χ0n) is 18.5. The molecule has 2 amide bonds. The van der Waals surface area contributed by atoms with E-state index in [-0.39, 0.29) is 24.7 Å². The molecule has 35 heavy (non-hydrogen) atoms. The number of rotatable bonds is 9. The van der Waals surface area contributed by atoms with E-state index in [0.717, 1.165) is 0 Å². The lowest BCUT2D eigenvalue weighted by Crippen LogP contribution is -2.74. The molecule has 0 spiro atoms. The number of fused-ring (bicyclic) bond motifs is 1. The summed E-state index contributed by atoms with van der Waals surface area (Å²) in [6.07, 6.45) is 0. The summed E-state index contributed by atoms with van der Waals surface area (Å²) in [7, 11) is 1.38. The van der Waals surface area contributed by atoms with Gasteiger partial charge in [0.05, 0.1) is 12.0 Å². The Balaban J connectivity index is 1.36. The number of β-lactam (4-membered cyclic amide) rings is 1. The predicted molar refractivity (Wildman–Crippen MR) is 124 cm³/mol. The Morgan fingerprint density at radius 2 is 1.86 bits per heavy atom. The average Bonchev–Trinajstić information content (AvgIpc) is 2.88. The van der Waals surface area contributed by atoms with E-state index in [1.54, 1.807) is 29.7 Å². The number of non-ortho nitro benzene ring substituents is 1. The van der Waals surface area contributed by atoms with Crippen molar-refractivity contribution < 1.29 is 33.5 Å². The largest absolute Gasteiger partial charge is 0.498 e. The minimum atomic E-state index is -1.11. The lowest BCUT2D eigenvalue weighted by molar-refractivity contribution is -0.384. The number of amides is 2. The Kier molecular flexibility index (Phi) is 7.20. The third-order valence-electron chi connectivity index (χ3n) is 5.37. The predicted octanol–water partition coefficient (Wildman–Crippen LogP) is 1.97. The number of nitrogens with one attached hydrogen (secondary N) is 1. The summed E-state index contributed by atoms with van der Waals surface area (Å²) < 4.78 is 16.1. The van der Waals surface area contributed by atoms with Crippen molar-refractivity contribution in [3.05, 3.63) is 81.4 Å². The maximum atomic E-state index is 12.9. The van der Waals surface area contributed by atoms with Gasteiger partial charge in [-0.2, -0.15) is 0 Å². The number of ether oxygens (including phenoxy) is 3. The second-order valence-corrected chi connectivity index (χ2v) is 8.57. The van der Waals surface area contributed by atoms with Crippen LogP contribution < -0.4 is 10.1 Å². The van der Waals surface area contributed by atoms with Crippen LogP contribution in [0, 0.1) is 10.1 Å². The molecule has 11 nitrogen and oxygen atoms in total. The number of hydrogen-bond donors (Lipinski definition) is 1. The van der Waals surface area contributed by atoms with Crippen molar-refractivity contribution in [2.75, 3.05) is 13.7 Å². The molecule has 1 saturated heterocycles. The molecule has 1 N–H and O–H groups in total. The number of thioether (sulfide) groups is 1. The first-order valence-electron chi connectivity index (χ1n) is 10.5. The van der Waals surface area contributed by atoms with Gasteiger partial charge >= 0.3 is 5.97 Å². The second-order valence-electron chi connectivity index (χ2n) is 7.58. The maximum absolute atomic E-state index is 12.9. The number of benzene rings is 2. The Labute approximate surface area is 204 Å². The molecule has 2 aliphatic heterocycles. The Bertz CT molecular complexity index is 1160. The van der Waals surface area contributed by atoms with E-state index in [2.05, 4.69) is 5.32 Å². The van der Waals surface area contributed by atoms with Crippen molar-refractivity contribution in [1.82, 2.24) is 10.2 Å². The first kappa shape index (κ1) is 24.1. The van der Waals surface area contributed by atoms with Crippen LogP contribution in [0.15, 0.2) is 65.8 Å². The third-order valence-corrected chi connectivity index (χ3v) is 6.51. The zero-order chi connectivity index (χ0) is 24.9. The van der Waals surface area contributed by atoms with Gasteiger partial charge in [-0.15, -0.1) is 11.8 Å². The Morgan fingerprint density at radius 1 is 1.14 bits per heavy atom. The molecule has 0 saturated carbocycles. The van der Waals surface area contributed by atoms with Crippen molar-refractivity contribution in [2.24, 2.45) is 0 Å². The van der Waals surface area contributed by atoms with Crippen LogP contribution in [-0.4, -0.2) is 58.8 Å². The molecule has 0 radical (unpaired) electrons. The van der Waals surface area contributed by atoms with Crippen molar-refractivity contribution in [3.8, 4) is 5.75 Å². The Hall–Kier alpha value is -4.06. The molecular weight excluding hydrogens is 478 g/mol. The van der Waals surface area contributed by atoms with Crippen LogP contribution in [0.25, 0.3) is 0 Å². The van der Waals surface area contributed by atoms with Crippen molar-refractivity contribution in [1.29, 1.82) is 0 Å². The summed E-state index contributed by atoms with van der Waals surface area (Å²) in [6, 6.07) is 12.5. The van der Waals surface area contributed by atoms with Crippen LogP contribution in [-0.2, 0) is 30.5 Å². The zero-order valence-corrected chi connectivity index (χ0v) is 19.3. The molecule has 2 aromatic rings. The van der Waals surface area contributed by atoms with Crippen LogP contribution in [0.3, 0.4) is 0 Å². The third kappa shape index (κ3) is 5.22. The fraction of sp³-hybridized carbons (Fsp3) is 0.261. The van der Waals surface area contributed by atoms with Gasteiger partial charge in [0.25, 0.3) is 11.6 Å². The van der Waals surface area contributed by atoms with E-state index in [1.165, 1.54) is 48.0 Å². The molecule has 2 heterocycles. The topological polar surface area (TPSA) is 137 Å². The highest BCUT2D eigenvalue weighted by molar-refractivity contribution is 8.02. The number of nitro groups is 1. The van der Waals surface area contributed by atoms with Crippen LogP contribution in [0.1, 0.15) is 5.56 Å². The smallest absolute Gasteiger partial charge is 0.337 e. The number of carbonyl (C=O) groups is 3. The molecule has 2 aromatic carbocycles. The van der Waals surface area contributed by atoms with E-state index in [9.17, 15) is 24.5 Å². The summed E-state index contributed by atoms with van der Waals surface area (Å²) in [4.78, 5) is 49.6. The highest BCUT2D eigenvalue weighted by Crippen LogP contribution is 2.40. The van der Waals surface area contributed by atoms with Gasteiger partial charge in [0.2, 0.25) is 5.91 Å². The minimum Gasteiger partial charge on any atom is -0.498 e. The van der Waals surface area contributed by atoms with Gasteiger partial charge in [-0.1, -0.05) is 18.2 Å². The van der Waals surface area contributed by atoms with Crippen LogP contribution in [0.4, 0.5) is 5.69 Å². The minimum absolute atomic E-state index is 0.0785. The van der Waals surface area contributed by atoms with Crippen LogP contribution >= 0.6 is 11.8 Å². The van der Waals surface area contributed by atoms with E-state index < -0.39 is 40.2 Å². The van der Waals surface area contributed by atoms with Crippen LogP contribution in [0.2, 0.25) is 0 Å². The fourth-order valence-corrected chi connectivity index (χ4v) is 4.79. The average molecular weight is 500 g/mol. The molecule has 4 rings (SSSR count). The number of esters is 1. The summed E-state index contributed by atoms with van der Waals surface area (Å²) in [5.41, 5.74) is 0.470. The van der Waals surface area contributed by atoms with E-state index >= 15 is 0 Å². The summed E-state index contributed by atoms with van der Waals surface area (Å²) in [6.45, 7) is -0.397. The second kappa shape index (κ2) is 10.5. The van der Waals surface area contributed by atoms with Crippen LogP contribution in [0.5, 0.6) is 5.75 Å². The van der Waals surface area contributed by atoms with Gasteiger partial charge in [-0.05, 0) is 29.8 Å². The van der Waals surface area contributed by atoms with Crippen molar-refractivity contribution in [3.63, 3.8) is 0 Å². The first-order chi connectivity index (χ1) is 16.9. The van der Waals surface area contributed by atoms with Gasteiger partial charge in [0, 0.05) is 17.5 Å². The summed E-state index contributed by atoms with van der Waals surface area (Å²) in [5.74, 6) is -0.862. The van der Waals surface area contributed by atoms with Gasteiger partial charge in [0.15, 0.2) is 12.6 Å². The Morgan fingerprint density at radius 3 is 2.51 bits per heavy atom. The van der Waals surface area contributed by atoms with Gasteiger partial charge < -0.3 is 24.4 Å². The molecule has 12 heteroatoms. The lowest BCUT2D eigenvalue weighted by Gasteiger charge is -2.51. The first-order valence-corrected chi connectivity index (χ1v) is 11.4.